The van der Waals surface area contributed by atoms with Gasteiger partial charge in [-0.3, -0.25) is 0 Å². The summed E-state index contributed by atoms with van der Waals surface area (Å²) in [5.41, 5.74) is 7.39. The van der Waals surface area contributed by atoms with E-state index < -0.39 is 0 Å². The van der Waals surface area contributed by atoms with Crippen LogP contribution in [0.15, 0.2) is 33.3 Å². The molecule has 2 aromatic rings. The monoisotopic (exact) mass is 358 g/mol. The molecule has 0 fully saturated rings. The number of benzene rings is 1. The molecule has 0 unspecified atom stereocenters. The summed E-state index contributed by atoms with van der Waals surface area (Å²) in [6, 6.07) is 5.94. The molecule has 0 spiro atoms. The van der Waals surface area contributed by atoms with Crippen LogP contribution in [0, 0.1) is 0 Å². The molecule has 0 bridgehead atoms. The first kappa shape index (κ1) is 12.7. The fraction of sp³-hybridized carbons (Fsp3) is 0.273. The highest BCUT2D eigenvalue weighted by Crippen LogP contribution is 2.24. The molecule has 6 heteroatoms. The van der Waals surface area contributed by atoms with E-state index in [4.69, 9.17) is 5.73 Å². The van der Waals surface area contributed by atoms with Crippen molar-refractivity contribution >= 4 is 31.9 Å². The molecular weight excluding hydrogens is 348 g/mol. The Morgan fingerprint density at radius 2 is 2.12 bits per heavy atom. The Bertz CT molecular complexity index is 510. The lowest BCUT2D eigenvalue weighted by atomic mass is 10.2. The fourth-order valence-electron chi connectivity index (χ4n) is 1.48. The van der Waals surface area contributed by atoms with Crippen LogP contribution >= 0.6 is 31.9 Å². The third-order valence-corrected chi connectivity index (χ3v) is 3.50. The molecule has 0 aliphatic heterocycles. The molecule has 2 rings (SSSR count). The minimum absolute atomic E-state index is 0.674. The van der Waals surface area contributed by atoms with Crippen LogP contribution in [-0.4, -0.2) is 21.5 Å². The lowest BCUT2D eigenvalue weighted by Gasteiger charge is -2.03. The van der Waals surface area contributed by atoms with Crippen LogP contribution in [0.2, 0.25) is 0 Å². The Balaban J connectivity index is 2.27. The maximum atomic E-state index is 5.47. The summed E-state index contributed by atoms with van der Waals surface area (Å²) in [5, 5.41) is 8.24. The van der Waals surface area contributed by atoms with E-state index in [9.17, 15) is 0 Å². The molecular formula is C11H12Br2N4. The molecule has 90 valence electrons. The smallest absolute Gasteiger partial charge is 0.0832 e. The third kappa shape index (κ3) is 3.14. The highest BCUT2D eigenvalue weighted by atomic mass is 79.9. The Morgan fingerprint density at radius 1 is 1.29 bits per heavy atom. The van der Waals surface area contributed by atoms with E-state index in [-0.39, 0.29) is 0 Å². The molecule has 0 saturated heterocycles. The van der Waals surface area contributed by atoms with Crippen molar-refractivity contribution in [1.82, 2.24) is 15.0 Å². The van der Waals surface area contributed by atoms with Gasteiger partial charge in [0.25, 0.3) is 0 Å². The molecule has 17 heavy (non-hydrogen) atoms. The number of hydrogen-bond acceptors (Lipinski definition) is 3. The Hall–Kier alpha value is -0.720. The summed E-state index contributed by atoms with van der Waals surface area (Å²) in [6.07, 6.45) is 3.72. The second-order valence-electron chi connectivity index (χ2n) is 3.64. The van der Waals surface area contributed by atoms with E-state index in [0.717, 1.165) is 33.2 Å². The molecule has 4 nitrogen and oxygen atoms in total. The van der Waals surface area contributed by atoms with Crippen LogP contribution in [0.3, 0.4) is 0 Å². The van der Waals surface area contributed by atoms with Crippen LogP contribution in [0.5, 0.6) is 0 Å². The molecule has 2 N–H and O–H groups in total. The van der Waals surface area contributed by atoms with Gasteiger partial charge >= 0.3 is 0 Å². The molecule has 0 radical (unpaired) electrons. The lowest BCUT2D eigenvalue weighted by Crippen LogP contribution is -2.00. The Morgan fingerprint density at radius 3 is 2.88 bits per heavy atom. The zero-order chi connectivity index (χ0) is 12.3. The largest absolute Gasteiger partial charge is 0.330 e. The zero-order valence-electron chi connectivity index (χ0n) is 9.11. The van der Waals surface area contributed by atoms with Crippen LogP contribution in [0.25, 0.3) is 5.69 Å². The van der Waals surface area contributed by atoms with Crippen LogP contribution in [-0.2, 0) is 6.42 Å². The summed E-state index contributed by atoms with van der Waals surface area (Å²) in [7, 11) is 0. The lowest BCUT2D eigenvalue weighted by molar-refractivity contribution is 0.777. The number of halogens is 2. The van der Waals surface area contributed by atoms with Crippen LogP contribution < -0.4 is 5.73 Å². The van der Waals surface area contributed by atoms with Gasteiger partial charge < -0.3 is 5.73 Å². The van der Waals surface area contributed by atoms with Gasteiger partial charge in [-0.25, -0.2) is 4.68 Å². The van der Waals surface area contributed by atoms with Gasteiger partial charge in [-0.05, 0) is 53.5 Å². The van der Waals surface area contributed by atoms with E-state index in [1.165, 1.54) is 0 Å². The topological polar surface area (TPSA) is 56.7 Å². The number of aryl methyl sites for hydroxylation is 1. The highest BCUT2D eigenvalue weighted by Gasteiger charge is 2.06. The number of hydrogen-bond donors (Lipinski definition) is 1. The predicted octanol–water partition coefficient (Wildman–Crippen LogP) is 2.68. The average molecular weight is 360 g/mol. The van der Waals surface area contributed by atoms with Crippen molar-refractivity contribution in [3.63, 3.8) is 0 Å². The second-order valence-corrected chi connectivity index (χ2v) is 5.41. The van der Waals surface area contributed by atoms with Crippen molar-refractivity contribution in [2.24, 2.45) is 5.73 Å². The van der Waals surface area contributed by atoms with Gasteiger partial charge in [0.05, 0.1) is 17.6 Å². The normalized spacial score (nSPS) is 10.8. The number of rotatable bonds is 4. The first-order valence-corrected chi connectivity index (χ1v) is 6.86. The van der Waals surface area contributed by atoms with Crippen molar-refractivity contribution in [3.05, 3.63) is 39.0 Å². The van der Waals surface area contributed by atoms with Gasteiger partial charge in [0.15, 0.2) is 0 Å². The standard InChI is InChI=1S/C11H12Br2N4/c12-8-3-4-10(13)11(6-8)17-7-9(15-16-17)2-1-5-14/h3-4,6-7H,1-2,5,14H2. The first-order chi connectivity index (χ1) is 8.20. The van der Waals surface area contributed by atoms with E-state index >= 15 is 0 Å². The van der Waals surface area contributed by atoms with E-state index in [1.54, 1.807) is 4.68 Å². The molecule has 1 aromatic heterocycles. The van der Waals surface area contributed by atoms with E-state index in [1.807, 2.05) is 24.4 Å². The first-order valence-electron chi connectivity index (χ1n) is 5.27. The number of nitrogens with two attached hydrogens (primary N) is 1. The van der Waals surface area contributed by atoms with Gasteiger partial charge in [-0.1, -0.05) is 21.1 Å². The second kappa shape index (κ2) is 5.75. The fourth-order valence-corrected chi connectivity index (χ4v) is 2.25. The van der Waals surface area contributed by atoms with Gasteiger partial charge in [-0.2, -0.15) is 0 Å². The minimum atomic E-state index is 0.674. The number of aromatic nitrogens is 3. The van der Waals surface area contributed by atoms with Crippen molar-refractivity contribution in [1.29, 1.82) is 0 Å². The van der Waals surface area contributed by atoms with Crippen molar-refractivity contribution in [3.8, 4) is 5.69 Å². The SMILES string of the molecule is NCCCc1cn(-c2cc(Br)ccc2Br)nn1. The summed E-state index contributed by atoms with van der Waals surface area (Å²) in [5.74, 6) is 0. The van der Waals surface area contributed by atoms with Crippen LogP contribution in [0.1, 0.15) is 12.1 Å². The molecule has 0 aliphatic rings. The maximum Gasteiger partial charge on any atom is 0.0832 e. The molecule has 0 aliphatic carbocycles. The minimum Gasteiger partial charge on any atom is -0.330 e. The zero-order valence-corrected chi connectivity index (χ0v) is 12.3. The van der Waals surface area contributed by atoms with Gasteiger partial charge in [-0.15, -0.1) is 5.10 Å². The quantitative estimate of drug-likeness (QED) is 0.912. The third-order valence-electron chi connectivity index (χ3n) is 2.33. The van der Waals surface area contributed by atoms with Crippen molar-refractivity contribution in [2.75, 3.05) is 6.54 Å². The Labute approximate surface area is 116 Å². The maximum absolute atomic E-state index is 5.47. The molecule has 0 amide bonds. The van der Waals surface area contributed by atoms with E-state index in [2.05, 4.69) is 42.2 Å². The number of nitrogens with zero attached hydrogens (tertiary/aromatic N) is 3. The molecule has 1 aromatic carbocycles. The van der Waals surface area contributed by atoms with Gasteiger partial charge in [0, 0.05) is 8.95 Å². The Kier molecular flexibility index (Phi) is 4.31. The summed E-state index contributed by atoms with van der Waals surface area (Å²) >= 11 is 6.94. The predicted molar refractivity (Wildman–Crippen MR) is 74.1 cm³/mol. The average Bonchev–Trinajstić information content (AvgIpc) is 2.78. The van der Waals surface area contributed by atoms with E-state index in [0.29, 0.717) is 6.54 Å². The molecule has 0 atom stereocenters. The molecule has 0 saturated carbocycles. The highest BCUT2D eigenvalue weighted by molar-refractivity contribution is 9.11. The molecule has 1 heterocycles. The summed E-state index contributed by atoms with van der Waals surface area (Å²) in [6.45, 7) is 0.674. The van der Waals surface area contributed by atoms with Crippen molar-refractivity contribution in [2.45, 2.75) is 12.8 Å². The van der Waals surface area contributed by atoms with Gasteiger partial charge in [0.1, 0.15) is 0 Å². The van der Waals surface area contributed by atoms with Crippen molar-refractivity contribution < 1.29 is 0 Å². The summed E-state index contributed by atoms with van der Waals surface area (Å²) < 4.78 is 3.76. The van der Waals surface area contributed by atoms with Gasteiger partial charge in [0.2, 0.25) is 0 Å². The van der Waals surface area contributed by atoms with Crippen LogP contribution in [0.4, 0.5) is 0 Å². The summed E-state index contributed by atoms with van der Waals surface area (Å²) in [4.78, 5) is 0.